The van der Waals surface area contributed by atoms with Crippen LogP contribution in [-0.4, -0.2) is 23.4 Å². The van der Waals surface area contributed by atoms with Crippen molar-refractivity contribution in [2.75, 3.05) is 6.54 Å². The van der Waals surface area contributed by atoms with Crippen molar-refractivity contribution < 1.29 is 14.0 Å². The summed E-state index contributed by atoms with van der Waals surface area (Å²) in [6, 6.07) is 6.94. The number of carbonyl (C=O) groups excluding carboxylic acids is 2. The van der Waals surface area contributed by atoms with Gasteiger partial charge in [-0.3, -0.25) is 9.69 Å². The van der Waals surface area contributed by atoms with Crippen molar-refractivity contribution in [3.63, 3.8) is 0 Å². The Balaban J connectivity index is 2.21. The van der Waals surface area contributed by atoms with E-state index in [1.165, 1.54) is 24.3 Å². The van der Waals surface area contributed by atoms with Gasteiger partial charge in [-0.1, -0.05) is 12.1 Å². The first-order chi connectivity index (χ1) is 9.49. The van der Waals surface area contributed by atoms with Gasteiger partial charge in [-0.25, -0.2) is 9.18 Å². The summed E-state index contributed by atoms with van der Waals surface area (Å²) in [4.78, 5) is 25.4. The molecule has 1 fully saturated rings. The molecule has 1 atom stereocenters. The van der Waals surface area contributed by atoms with Gasteiger partial charge < -0.3 is 5.32 Å². The van der Waals surface area contributed by atoms with E-state index in [9.17, 15) is 14.0 Å². The Morgan fingerprint density at radius 3 is 2.60 bits per heavy atom. The van der Waals surface area contributed by atoms with Gasteiger partial charge in [0.1, 0.15) is 11.4 Å². The molecule has 0 aromatic heterocycles. The molecule has 0 aliphatic carbocycles. The molecule has 1 aliphatic heterocycles. The molecule has 1 unspecified atom stereocenters. The fourth-order valence-corrected chi connectivity index (χ4v) is 2.20. The van der Waals surface area contributed by atoms with E-state index in [1.54, 1.807) is 6.92 Å². The van der Waals surface area contributed by atoms with Gasteiger partial charge >= 0.3 is 6.03 Å². The number of unbranched alkanes of at least 4 members (excludes halogenated alkanes) is 1. The first-order valence-electron chi connectivity index (χ1n) is 6.26. The number of hydrogen-bond donors (Lipinski definition) is 1. The standard InChI is InChI=1S/C14H14FN3O2/c1-14(10-4-6-11(15)7-5-10)12(19)18(13(20)17-14)9-3-2-8-16/h4-7H,2-3,9H2,1H3,(H,17,20). The zero-order chi connectivity index (χ0) is 14.8. The van der Waals surface area contributed by atoms with Crippen molar-refractivity contribution in [1.29, 1.82) is 5.26 Å². The average molecular weight is 275 g/mol. The molecule has 1 aromatic rings. The van der Waals surface area contributed by atoms with Crippen LogP contribution in [0.3, 0.4) is 0 Å². The molecule has 104 valence electrons. The predicted molar refractivity (Wildman–Crippen MR) is 68.8 cm³/mol. The lowest BCUT2D eigenvalue weighted by Gasteiger charge is -2.22. The molecule has 0 spiro atoms. The van der Waals surface area contributed by atoms with Gasteiger partial charge in [-0.15, -0.1) is 0 Å². The molecule has 2 rings (SSSR count). The number of nitriles is 1. The molecule has 1 saturated heterocycles. The summed E-state index contributed by atoms with van der Waals surface area (Å²) in [6.07, 6.45) is 0.722. The lowest BCUT2D eigenvalue weighted by Crippen LogP contribution is -2.41. The summed E-state index contributed by atoms with van der Waals surface area (Å²) >= 11 is 0. The number of benzene rings is 1. The largest absolute Gasteiger partial charge is 0.325 e. The monoisotopic (exact) mass is 275 g/mol. The molecular weight excluding hydrogens is 261 g/mol. The van der Waals surface area contributed by atoms with Gasteiger partial charge in [0.2, 0.25) is 0 Å². The van der Waals surface area contributed by atoms with Gasteiger partial charge in [0, 0.05) is 13.0 Å². The number of nitrogens with one attached hydrogen (secondary N) is 1. The first-order valence-corrected chi connectivity index (χ1v) is 6.26. The highest BCUT2D eigenvalue weighted by atomic mass is 19.1. The van der Waals surface area contributed by atoms with Crippen LogP contribution in [0, 0.1) is 17.1 Å². The van der Waals surface area contributed by atoms with E-state index in [1.807, 2.05) is 6.07 Å². The summed E-state index contributed by atoms with van der Waals surface area (Å²) in [5, 5.41) is 11.1. The second-order valence-electron chi connectivity index (χ2n) is 4.78. The van der Waals surface area contributed by atoms with E-state index in [-0.39, 0.29) is 18.9 Å². The smallest absolute Gasteiger partial charge is 0.319 e. The molecule has 0 radical (unpaired) electrons. The van der Waals surface area contributed by atoms with Crippen LogP contribution < -0.4 is 5.32 Å². The minimum absolute atomic E-state index is 0.203. The molecule has 0 saturated carbocycles. The third-order valence-electron chi connectivity index (χ3n) is 3.37. The van der Waals surface area contributed by atoms with Gasteiger partial charge in [-0.2, -0.15) is 5.26 Å². The van der Waals surface area contributed by atoms with Crippen molar-refractivity contribution >= 4 is 11.9 Å². The zero-order valence-electron chi connectivity index (χ0n) is 11.0. The average Bonchev–Trinajstić information content (AvgIpc) is 2.64. The maximum absolute atomic E-state index is 12.9. The summed E-state index contributed by atoms with van der Waals surface area (Å²) in [7, 11) is 0. The number of hydrogen-bond acceptors (Lipinski definition) is 3. The van der Waals surface area contributed by atoms with Crippen LogP contribution in [0.15, 0.2) is 24.3 Å². The third kappa shape index (κ3) is 2.35. The highest BCUT2D eigenvalue weighted by Gasteiger charge is 2.48. The molecule has 6 heteroatoms. The molecule has 0 bridgehead atoms. The number of urea groups is 1. The first kappa shape index (κ1) is 14.0. The molecular formula is C14H14FN3O2. The Bertz CT molecular complexity index is 579. The van der Waals surface area contributed by atoms with Crippen LogP contribution in [0.5, 0.6) is 0 Å². The Hall–Kier alpha value is -2.42. The van der Waals surface area contributed by atoms with Crippen LogP contribution in [0.1, 0.15) is 25.3 Å². The summed E-state index contributed by atoms with van der Waals surface area (Å²) in [5.41, 5.74) is -0.655. The number of nitrogens with zero attached hydrogens (tertiary/aromatic N) is 2. The second kappa shape index (κ2) is 5.29. The number of carbonyl (C=O) groups is 2. The zero-order valence-corrected chi connectivity index (χ0v) is 11.0. The van der Waals surface area contributed by atoms with E-state index in [2.05, 4.69) is 5.32 Å². The Morgan fingerprint density at radius 1 is 1.35 bits per heavy atom. The SMILES string of the molecule is CC1(c2ccc(F)cc2)NC(=O)N(CCCC#N)C1=O. The number of imide groups is 1. The second-order valence-corrected chi connectivity index (χ2v) is 4.78. The maximum atomic E-state index is 12.9. The minimum atomic E-state index is -1.18. The van der Waals surface area contributed by atoms with E-state index in [0.717, 1.165) is 4.90 Å². The quantitative estimate of drug-likeness (QED) is 0.673. The molecule has 5 nitrogen and oxygen atoms in total. The maximum Gasteiger partial charge on any atom is 0.325 e. The van der Waals surface area contributed by atoms with Crippen LogP contribution in [0.4, 0.5) is 9.18 Å². The van der Waals surface area contributed by atoms with E-state index < -0.39 is 17.4 Å². The summed E-state index contributed by atoms with van der Waals surface area (Å²) in [6.45, 7) is 1.79. The van der Waals surface area contributed by atoms with E-state index in [4.69, 9.17) is 5.26 Å². The third-order valence-corrected chi connectivity index (χ3v) is 3.37. The van der Waals surface area contributed by atoms with Crippen molar-refractivity contribution in [2.45, 2.75) is 25.3 Å². The normalized spacial score (nSPS) is 21.8. The lowest BCUT2D eigenvalue weighted by atomic mass is 9.92. The van der Waals surface area contributed by atoms with Crippen LogP contribution in [-0.2, 0) is 10.3 Å². The van der Waals surface area contributed by atoms with Crippen molar-refractivity contribution in [2.24, 2.45) is 0 Å². The Kier molecular flexibility index (Phi) is 3.70. The van der Waals surface area contributed by atoms with Gasteiger partial charge in [-0.05, 0) is 31.0 Å². The predicted octanol–water partition coefficient (Wildman–Crippen LogP) is 1.90. The molecule has 20 heavy (non-hydrogen) atoms. The topological polar surface area (TPSA) is 73.2 Å². The number of amides is 3. The molecule has 1 aromatic carbocycles. The molecule has 1 aliphatic rings. The molecule has 1 N–H and O–H groups in total. The fourth-order valence-electron chi connectivity index (χ4n) is 2.20. The van der Waals surface area contributed by atoms with Crippen LogP contribution >= 0.6 is 0 Å². The van der Waals surface area contributed by atoms with Gasteiger partial charge in [0.05, 0.1) is 6.07 Å². The van der Waals surface area contributed by atoms with E-state index >= 15 is 0 Å². The van der Waals surface area contributed by atoms with Gasteiger partial charge in [0.25, 0.3) is 5.91 Å². The number of halogens is 1. The van der Waals surface area contributed by atoms with Crippen LogP contribution in [0.25, 0.3) is 0 Å². The molecule has 3 amide bonds. The molecule has 1 heterocycles. The summed E-state index contributed by atoms with van der Waals surface area (Å²) < 4.78 is 12.9. The Morgan fingerprint density at radius 2 is 2.00 bits per heavy atom. The van der Waals surface area contributed by atoms with Crippen LogP contribution in [0.2, 0.25) is 0 Å². The Labute approximate surface area is 116 Å². The summed E-state index contributed by atoms with van der Waals surface area (Å²) in [5.74, 6) is -0.785. The van der Waals surface area contributed by atoms with Crippen molar-refractivity contribution in [3.05, 3.63) is 35.6 Å². The minimum Gasteiger partial charge on any atom is -0.319 e. The van der Waals surface area contributed by atoms with Gasteiger partial charge in [0.15, 0.2) is 0 Å². The number of rotatable bonds is 4. The van der Waals surface area contributed by atoms with Crippen molar-refractivity contribution in [3.8, 4) is 6.07 Å². The highest BCUT2D eigenvalue weighted by molar-refractivity contribution is 6.07. The van der Waals surface area contributed by atoms with E-state index in [0.29, 0.717) is 12.0 Å². The highest BCUT2D eigenvalue weighted by Crippen LogP contribution is 2.29. The fraction of sp³-hybridized carbons (Fsp3) is 0.357. The van der Waals surface area contributed by atoms with Crippen molar-refractivity contribution in [1.82, 2.24) is 10.2 Å². The lowest BCUT2D eigenvalue weighted by molar-refractivity contribution is -0.131.